The maximum absolute atomic E-state index is 12.1. The molecule has 0 aromatic heterocycles. The molecule has 0 unspecified atom stereocenters. The topological polar surface area (TPSA) is 81.5 Å². The number of nitro groups is 1. The van der Waals surface area contributed by atoms with Crippen molar-refractivity contribution in [1.82, 2.24) is 0 Å². The van der Waals surface area contributed by atoms with Crippen molar-refractivity contribution in [3.8, 4) is 5.75 Å². The van der Waals surface area contributed by atoms with Gasteiger partial charge in [0.05, 0.1) is 17.7 Å². The minimum absolute atomic E-state index is 0.156. The van der Waals surface area contributed by atoms with Crippen LogP contribution in [-0.4, -0.2) is 17.9 Å². The quantitative estimate of drug-likeness (QED) is 0.528. The number of anilines is 1. The van der Waals surface area contributed by atoms with Crippen LogP contribution in [0, 0.1) is 10.1 Å². The second kappa shape index (κ2) is 5.73. The highest BCUT2D eigenvalue weighted by Gasteiger charge is 2.24. The molecule has 1 N–H and O–H groups in total. The normalized spacial score (nSPS) is 14.5. The summed E-state index contributed by atoms with van der Waals surface area (Å²) in [5.74, 6) is -0.110. The van der Waals surface area contributed by atoms with Crippen LogP contribution >= 0.6 is 11.6 Å². The third kappa shape index (κ3) is 2.76. The number of benzene rings is 2. The average Bonchev–Trinajstić information content (AvgIpc) is 2.82. The number of hydrogen-bond donors (Lipinski definition) is 1. The van der Waals surface area contributed by atoms with Crippen molar-refractivity contribution in [3.63, 3.8) is 0 Å². The summed E-state index contributed by atoms with van der Waals surface area (Å²) >= 11 is 5.91. The first-order valence-corrected chi connectivity index (χ1v) is 7.03. The van der Waals surface area contributed by atoms with E-state index < -0.39 is 4.92 Å². The third-order valence-electron chi connectivity index (χ3n) is 3.48. The summed E-state index contributed by atoms with van der Waals surface area (Å²) in [5.41, 5.74) is 2.13. The van der Waals surface area contributed by atoms with Crippen molar-refractivity contribution in [2.75, 3.05) is 12.4 Å². The Kier molecular flexibility index (Phi) is 3.75. The van der Waals surface area contributed by atoms with E-state index in [0.29, 0.717) is 27.4 Å². The number of halogens is 1. The van der Waals surface area contributed by atoms with Crippen LogP contribution in [0.5, 0.6) is 5.75 Å². The van der Waals surface area contributed by atoms with Crippen LogP contribution in [0.4, 0.5) is 11.4 Å². The van der Waals surface area contributed by atoms with Gasteiger partial charge in [-0.05, 0) is 29.8 Å². The zero-order chi connectivity index (χ0) is 16.6. The Morgan fingerprint density at radius 2 is 2.04 bits per heavy atom. The number of carbonyl (C=O) groups is 1. The van der Waals surface area contributed by atoms with Crippen molar-refractivity contribution in [1.29, 1.82) is 0 Å². The molecule has 2 aromatic rings. The molecule has 1 aliphatic heterocycles. The van der Waals surface area contributed by atoms with Gasteiger partial charge in [-0.1, -0.05) is 23.7 Å². The zero-order valence-electron chi connectivity index (χ0n) is 12.0. The fourth-order valence-corrected chi connectivity index (χ4v) is 2.59. The minimum atomic E-state index is -0.525. The molecule has 116 valence electrons. The van der Waals surface area contributed by atoms with Gasteiger partial charge in [-0.25, -0.2) is 0 Å². The zero-order valence-corrected chi connectivity index (χ0v) is 12.8. The fraction of sp³-hybridized carbons (Fsp3) is 0.0625. The van der Waals surface area contributed by atoms with Gasteiger partial charge in [0, 0.05) is 22.2 Å². The Hall–Kier alpha value is -2.86. The highest BCUT2D eigenvalue weighted by atomic mass is 35.5. The lowest BCUT2D eigenvalue weighted by atomic mass is 10.0. The number of carbonyl (C=O) groups excluding carboxylic acids is 1. The number of hydrogen-bond acceptors (Lipinski definition) is 4. The van der Waals surface area contributed by atoms with Gasteiger partial charge in [0.2, 0.25) is 0 Å². The lowest BCUT2D eigenvalue weighted by molar-refractivity contribution is -0.385. The molecule has 0 saturated carbocycles. The predicted octanol–water partition coefficient (Wildman–Crippen LogP) is 3.75. The van der Waals surface area contributed by atoms with Crippen LogP contribution < -0.4 is 10.1 Å². The first-order valence-electron chi connectivity index (χ1n) is 6.65. The smallest absolute Gasteiger partial charge is 0.311 e. The molecular weight excluding hydrogens is 320 g/mol. The van der Waals surface area contributed by atoms with E-state index in [0.717, 1.165) is 0 Å². The largest absolute Gasteiger partial charge is 0.490 e. The highest BCUT2D eigenvalue weighted by Crippen LogP contribution is 2.36. The Labute approximate surface area is 136 Å². The summed E-state index contributed by atoms with van der Waals surface area (Å²) in [6, 6.07) is 9.60. The molecule has 3 rings (SSSR count). The third-order valence-corrected chi connectivity index (χ3v) is 3.71. The maximum Gasteiger partial charge on any atom is 0.311 e. The van der Waals surface area contributed by atoms with Crippen LogP contribution in [0.1, 0.15) is 11.1 Å². The van der Waals surface area contributed by atoms with Crippen molar-refractivity contribution < 1.29 is 14.5 Å². The van der Waals surface area contributed by atoms with Crippen molar-refractivity contribution in [2.45, 2.75) is 0 Å². The van der Waals surface area contributed by atoms with E-state index in [4.69, 9.17) is 16.3 Å². The SMILES string of the molecule is COc1ccc(/C=C2/C(=O)Nc3cc(Cl)ccc32)cc1[N+](=O)[O-]. The number of amides is 1. The van der Waals surface area contributed by atoms with E-state index in [2.05, 4.69) is 5.32 Å². The van der Waals surface area contributed by atoms with E-state index in [1.165, 1.54) is 19.2 Å². The molecule has 0 fully saturated rings. The Morgan fingerprint density at radius 1 is 1.26 bits per heavy atom. The minimum Gasteiger partial charge on any atom is -0.490 e. The van der Waals surface area contributed by atoms with Gasteiger partial charge in [-0.15, -0.1) is 0 Å². The first kappa shape index (κ1) is 15.1. The summed E-state index contributed by atoms with van der Waals surface area (Å²) < 4.78 is 4.97. The van der Waals surface area contributed by atoms with Gasteiger partial charge in [-0.3, -0.25) is 14.9 Å². The predicted molar refractivity (Wildman–Crippen MR) is 87.6 cm³/mol. The molecule has 7 heteroatoms. The lowest BCUT2D eigenvalue weighted by Gasteiger charge is -2.03. The van der Waals surface area contributed by atoms with Gasteiger partial charge in [0.25, 0.3) is 5.91 Å². The van der Waals surface area contributed by atoms with Crippen LogP contribution in [0.2, 0.25) is 5.02 Å². The highest BCUT2D eigenvalue weighted by molar-refractivity contribution is 6.36. The molecule has 1 aliphatic rings. The van der Waals surface area contributed by atoms with Gasteiger partial charge in [0.1, 0.15) is 0 Å². The average molecular weight is 331 g/mol. The molecule has 0 atom stereocenters. The summed E-state index contributed by atoms with van der Waals surface area (Å²) in [6.07, 6.45) is 1.60. The standard InChI is InChI=1S/C16H11ClN2O4/c1-23-15-5-2-9(7-14(15)19(21)22)6-12-11-4-3-10(17)8-13(11)18-16(12)20/h2-8H,1H3,(H,18,20)/b12-6+. The molecule has 0 radical (unpaired) electrons. The first-order chi connectivity index (χ1) is 11.0. The molecule has 1 heterocycles. The van der Waals surface area contributed by atoms with E-state index in [1.807, 2.05) is 0 Å². The number of rotatable bonds is 3. The summed E-state index contributed by atoms with van der Waals surface area (Å²) in [7, 11) is 1.37. The number of ether oxygens (including phenoxy) is 1. The Bertz CT molecular complexity index is 861. The molecule has 0 bridgehead atoms. The molecule has 0 saturated heterocycles. The lowest BCUT2D eigenvalue weighted by Crippen LogP contribution is -2.03. The Balaban J connectivity index is 2.08. The molecule has 2 aromatic carbocycles. The van der Waals surface area contributed by atoms with Crippen molar-refractivity contribution >= 4 is 40.5 Å². The number of fused-ring (bicyclic) bond motifs is 1. The number of nitrogens with zero attached hydrogens (tertiary/aromatic N) is 1. The van der Waals surface area contributed by atoms with Gasteiger partial charge in [0.15, 0.2) is 5.75 Å². The van der Waals surface area contributed by atoms with E-state index in [9.17, 15) is 14.9 Å². The number of nitrogens with one attached hydrogen (secondary N) is 1. The molecule has 23 heavy (non-hydrogen) atoms. The summed E-state index contributed by atoms with van der Waals surface area (Å²) in [5, 5.41) is 14.3. The van der Waals surface area contributed by atoms with Crippen LogP contribution in [-0.2, 0) is 4.79 Å². The summed E-state index contributed by atoms with van der Waals surface area (Å²) in [4.78, 5) is 22.7. The molecule has 6 nitrogen and oxygen atoms in total. The van der Waals surface area contributed by atoms with Gasteiger partial charge < -0.3 is 10.1 Å². The van der Waals surface area contributed by atoms with E-state index >= 15 is 0 Å². The molecular formula is C16H11ClN2O4. The van der Waals surface area contributed by atoms with Crippen molar-refractivity contribution in [2.24, 2.45) is 0 Å². The van der Waals surface area contributed by atoms with Crippen LogP contribution in [0.3, 0.4) is 0 Å². The fourth-order valence-electron chi connectivity index (χ4n) is 2.42. The second-order valence-electron chi connectivity index (χ2n) is 4.89. The molecule has 1 amide bonds. The maximum atomic E-state index is 12.1. The van der Waals surface area contributed by atoms with Crippen molar-refractivity contribution in [3.05, 3.63) is 62.7 Å². The van der Waals surface area contributed by atoms with Gasteiger partial charge >= 0.3 is 5.69 Å². The summed E-state index contributed by atoms with van der Waals surface area (Å²) in [6.45, 7) is 0. The van der Waals surface area contributed by atoms with Crippen LogP contribution in [0.15, 0.2) is 36.4 Å². The van der Waals surface area contributed by atoms with E-state index in [-0.39, 0.29) is 17.3 Å². The van der Waals surface area contributed by atoms with E-state index in [1.54, 1.807) is 30.3 Å². The van der Waals surface area contributed by atoms with Crippen LogP contribution in [0.25, 0.3) is 11.6 Å². The molecule has 0 aliphatic carbocycles. The van der Waals surface area contributed by atoms with Gasteiger partial charge in [-0.2, -0.15) is 0 Å². The number of methoxy groups -OCH3 is 1. The molecule has 0 spiro atoms. The number of nitro benzene ring substituents is 1. The Morgan fingerprint density at radius 3 is 2.74 bits per heavy atom. The second-order valence-corrected chi connectivity index (χ2v) is 5.33. The monoisotopic (exact) mass is 330 g/mol.